The first-order valence-corrected chi connectivity index (χ1v) is 44.0. The molecule has 0 saturated carbocycles. The Hall–Kier alpha value is -14.6. The molecule has 0 aliphatic carbocycles. The Morgan fingerprint density at radius 1 is 0.216 bits per heavy atom. The van der Waals surface area contributed by atoms with Crippen LogP contribution in [0.3, 0.4) is 0 Å². The van der Waals surface area contributed by atoms with E-state index in [-0.39, 0.29) is 140 Å². The van der Waals surface area contributed by atoms with Crippen molar-refractivity contribution in [1.82, 2.24) is 39.9 Å². The summed E-state index contributed by atoms with van der Waals surface area (Å²) >= 11 is 0. The molecule has 0 unspecified atom stereocenters. The van der Waals surface area contributed by atoms with Gasteiger partial charge in [0.25, 0.3) is 0 Å². The molecule has 0 spiro atoms. The molecule has 0 bridgehead atoms. The molecule has 0 atom stereocenters. The second-order valence-corrected chi connectivity index (χ2v) is 31.1. The van der Waals surface area contributed by atoms with Crippen molar-refractivity contribution in [3.63, 3.8) is 0 Å². The van der Waals surface area contributed by atoms with Crippen LogP contribution in [0.1, 0.15) is 52.7 Å². The predicted octanol–water partition coefficient (Wildman–Crippen LogP) is 31.5. The molecule has 0 saturated heterocycles. The molecule has 0 aliphatic heterocycles. The number of benzene rings is 14. The molecule has 8 aromatic heterocycles. The second-order valence-electron chi connectivity index (χ2n) is 31.1. The Morgan fingerprint density at radius 3 is 1.01 bits per heavy atom. The summed E-state index contributed by atoms with van der Waals surface area (Å²) in [5.74, 6) is 0. The van der Waals surface area contributed by atoms with Gasteiger partial charge in [-0.15, -0.1) is 280 Å². The van der Waals surface area contributed by atoms with Crippen molar-refractivity contribution in [1.29, 1.82) is 0 Å². The van der Waals surface area contributed by atoms with Gasteiger partial charge in [0.05, 0.1) is 13.7 Å². The van der Waals surface area contributed by atoms with Gasteiger partial charge in [-0.2, -0.15) is 0 Å². The number of aryl methyl sites for hydroxylation is 7. The van der Waals surface area contributed by atoms with Crippen LogP contribution in [0.15, 0.2) is 468 Å². The first kappa shape index (κ1) is 90.8. The van der Waals surface area contributed by atoms with Crippen LogP contribution in [0, 0.1) is 97.0 Å². The molecule has 0 amide bonds. The van der Waals surface area contributed by atoms with Gasteiger partial charge in [0, 0.05) is 152 Å². The van der Waals surface area contributed by atoms with Crippen molar-refractivity contribution in [2.75, 3.05) is 0 Å². The smallest absolute Gasteiger partial charge is 0.0629 e. The van der Waals surface area contributed by atoms with Crippen molar-refractivity contribution >= 4 is 21.5 Å². The van der Waals surface area contributed by atoms with Crippen LogP contribution < -0.4 is 0 Å². The molecule has 12 heteroatoms. The van der Waals surface area contributed by atoms with Gasteiger partial charge in [-0.3, -0.25) is 0 Å². The maximum absolute atomic E-state index is 8.08. The third-order valence-corrected chi connectivity index (χ3v) is 21.6. The van der Waals surface area contributed by atoms with Crippen LogP contribution in [-0.2, 0) is 80.4 Å². The van der Waals surface area contributed by atoms with E-state index in [1.807, 2.05) is 293 Å². The zero-order valence-electron chi connectivity index (χ0n) is 87.1. The average Bonchev–Trinajstić information content (AvgIpc) is 0.769. The maximum atomic E-state index is 8.08. The van der Waals surface area contributed by atoms with Gasteiger partial charge in [0.15, 0.2) is 0 Å². The Kier molecular flexibility index (Phi) is 35.9. The molecule has 4 radical (unpaired) electrons. The molecular weight excluding hydrogens is 2410 g/mol. The van der Waals surface area contributed by atoms with Crippen molar-refractivity contribution in [3.05, 3.63) is 555 Å². The van der Waals surface area contributed by atoms with Gasteiger partial charge in [0.2, 0.25) is 0 Å². The van der Waals surface area contributed by atoms with Gasteiger partial charge in [0.1, 0.15) is 0 Å². The topological polar surface area (TPSA) is 103 Å². The van der Waals surface area contributed by atoms with Crippen molar-refractivity contribution in [3.8, 4) is 135 Å². The Labute approximate surface area is 886 Å². The Bertz CT molecular complexity index is 7810. The molecule has 8 nitrogen and oxygen atoms in total. The third kappa shape index (κ3) is 30.0. The van der Waals surface area contributed by atoms with E-state index in [9.17, 15) is 0 Å². The fourth-order valence-corrected chi connectivity index (χ4v) is 14.6. The van der Waals surface area contributed by atoms with Gasteiger partial charge in [-0.25, -0.2) is 0 Å². The monoisotopic (exact) mass is 2520 g/mol. The predicted molar refractivity (Wildman–Crippen MR) is 558 cm³/mol. The summed E-state index contributed by atoms with van der Waals surface area (Å²) < 4.78 is 78.9. The first-order valence-electron chi connectivity index (χ1n) is 49.0. The maximum Gasteiger partial charge on any atom is 0.0629 e. The summed E-state index contributed by atoms with van der Waals surface area (Å²) in [5.41, 5.74) is 29.2. The van der Waals surface area contributed by atoms with Crippen LogP contribution in [0.4, 0.5) is 0 Å². The van der Waals surface area contributed by atoms with E-state index in [0.717, 1.165) is 101 Å². The molecule has 8 heterocycles. The number of fused-ring (bicyclic) bond motifs is 2. The van der Waals surface area contributed by atoms with E-state index in [1.54, 1.807) is 36.9 Å². The molecular formula is C127H98Ir4N8-8. The quantitative estimate of drug-likeness (QED) is 0.111. The first-order chi connectivity index (χ1) is 70.5. The van der Waals surface area contributed by atoms with E-state index in [1.165, 1.54) is 71.6 Å². The zero-order chi connectivity index (χ0) is 102. The number of pyridine rings is 8. The molecule has 22 rings (SSSR count). The molecule has 0 fully saturated rings. The van der Waals surface area contributed by atoms with E-state index in [2.05, 4.69) is 214 Å². The van der Waals surface area contributed by atoms with Gasteiger partial charge in [-0.05, 0) is 167 Å². The van der Waals surface area contributed by atoms with E-state index >= 15 is 0 Å². The van der Waals surface area contributed by atoms with Crippen LogP contribution in [-0.4, -0.2) is 39.9 Å². The fourth-order valence-electron chi connectivity index (χ4n) is 14.6. The number of nitrogens with zero attached hydrogens (tertiary/aromatic N) is 8. The summed E-state index contributed by atoms with van der Waals surface area (Å²) in [6.45, 7) is 14.2. The number of aromatic nitrogens is 8. The molecule has 14 aromatic carbocycles. The van der Waals surface area contributed by atoms with Crippen LogP contribution in [0.2, 0.25) is 0 Å². The molecule has 0 aliphatic rings. The van der Waals surface area contributed by atoms with Crippen molar-refractivity contribution < 1.29 is 94.1 Å². The Balaban J connectivity index is 0.000000162. The van der Waals surface area contributed by atoms with Gasteiger partial charge >= 0.3 is 0 Å². The average molecular weight is 2520 g/mol. The zero-order valence-corrected chi connectivity index (χ0v) is 86.7. The van der Waals surface area contributed by atoms with Crippen LogP contribution in [0.5, 0.6) is 0 Å². The second kappa shape index (κ2) is 55.0. The van der Waals surface area contributed by atoms with E-state index in [0.29, 0.717) is 11.1 Å². The molecule has 22 aromatic rings. The number of rotatable bonds is 12. The normalized spacial score (nSPS) is 11.0. The SMILES string of the molecule is Cc1cc(-c2[c-]cccc2)ncc1-c1ccccc1.Cc1ccc(-c2cnc(-c3[c-]cccc3)cc2C)cc1.Cc1ccc[c-]c1-c1ccccn1.Cc1cccnc1-c1[c-]cccc1.[2H]c1c([2H])c([2H])c(-c2cnc(-c3[c-]cccc3)cc2C)c([2H])c1[2H].[2H]c1c([2H])c([2H])c(-c2cnc(-c3[c-]cccc3)cc2C)c([2H])c1[2H].[Ir].[Ir].[Ir].[Ir].[c-]1cc2ccccc2cc1-c1ccccn1.[c-]1ccccc1-c1nccc2ccccc12. The van der Waals surface area contributed by atoms with E-state index in [4.69, 9.17) is 13.7 Å². The summed E-state index contributed by atoms with van der Waals surface area (Å²) in [6, 6.07) is 140. The summed E-state index contributed by atoms with van der Waals surface area (Å²) in [7, 11) is 0. The summed E-state index contributed by atoms with van der Waals surface area (Å²) in [5, 5.41) is 4.82. The van der Waals surface area contributed by atoms with Gasteiger partial charge in [-0.1, -0.05) is 242 Å². The minimum absolute atomic E-state index is 0. The van der Waals surface area contributed by atoms with Crippen LogP contribution in [0.25, 0.3) is 156 Å². The molecule has 139 heavy (non-hydrogen) atoms. The Morgan fingerprint density at radius 2 is 0.583 bits per heavy atom. The molecule has 690 valence electrons. The minimum Gasteiger partial charge on any atom is -0.305 e. The van der Waals surface area contributed by atoms with Gasteiger partial charge < -0.3 is 39.9 Å². The number of hydrogen-bond donors (Lipinski definition) is 0. The van der Waals surface area contributed by atoms with E-state index < -0.39 is 12.1 Å². The van der Waals surface area contributed by atoms with Crippen molar-refractivity contribution in [2.24, 2.45) is 0 Å². The number of hydrogen-bond acceptors (Lipinski definition) is 8. The van der Waals surface area contributed by atoms with Crippen LogP contribution >= 0.6 is 0 Å². The summed E-state index contributed by atoms with van der Waals surface area (Å²) in [4.78, 5) is 35.3. The van der Waals surface area contributed by atoms with Crippen molar-refractivity contribution in [2.45, 2.75) is 48.5 Å². The fraction of sp³-hybridized carbons (Fsp3) is 0.0551. The third-order valence-electron chi connectivity index (χ3n) is 21.6. The standard InChI is InChI=1S/C19H16N.3C18H14N.2C15H10N.2C12H10N.4Ir/c1-14-8-10-16(11-9-14)18-13-20-19(12-15(18)2)17-6-4-3-5-7-17;3*1-14-12-18(16-10-6-3-7-11-16)19-13-17(14)15-8-4-2-5-9-15;1-2-6-13-11-14(9-8-12(13)5-1)15-7-3-4-10-16-15;1-2-7-13(8-3-1)15-14-9-5-4-6-12(14)10-11-16-15;1-10-6-2-3-7-11(10)12-8-4-5-9-13-12;1-10-6-5-9-13-12(10)11-7-3-2-4-8-11;;;;/h3-6,8-13H,1-2H3;3*2-10,12-13H,1H3;1-8,10-11H;1-7,9-11H;2-6,8-9H,1H3;2-7,9H,1H3;;;;/q8*-1;;;;/i;2*2D,4D,5D,8D,9D;;;;;;;;;. The molecule has 0 N–H and O–H groups in total. The minimum atomic E-state index is -0.394. The largest absolute Gasteiger partial charge is 0.305 e. The summed E-state index contributed by atoms with van der Waals surface area (Å²) in [6.07, 6.45) is 14.3.